The van der Waals surface area contributed by atoms with Gasteiger partial charge in [-0.3, -0.25) is 0 Å². The number of nitrogens with one attached hydrogen (secondary N) is 1. The van der Waals surface area contributed by atoms with Crippen LogP contribution >= 0.6 is 15.9 Å². The Morgan fingerprint density at radius 2 is 2.00 bits per heavy atom. The first-order valence-electron chi connectivity index (χ1n) is 7.70. The zero-order chi connectivity index (χ0) is 15.9. The summed E-state index contributed by atoms with van der Waals surface area (Å²) in [7, 11) is 1.70. The Balaban J connectivity index is 3.02. The lowest BCUT2D eigenvalue weighted by Crippen LogP contribution is -2.51. The Bertz CT molecular complexity index is 439. The molecule has 0 saturated carbocycles. The average molecular weight is 358 g/mol. The Hall–Kier alpha value is -0.580. The fraction of sp³-hybridized carbons (Fsp3) is 0.647. The fourth-order valence-corrected chi connectivity index (χ4v) is 2.99. The zero-order valence-electron chi connectivity index (χ0n) is 13.8. The Kier molecular flexibility index (Phi) is 7.71. The van der Waals surface area contributed by atoms with Crippen molar-refractivity contribution in [2.75, 3.05) is 20.3 Å². The van der Waals surface area contributed by atoms with E-state index in [2.05, 4.69) is 55.0 Å². The fourth-order valence-electron chi connectivity index (χ4n) is 2.58. The minimum atomic E-state index is -0.173. The van der Waals surface area contributed by atoms with Crippen molar-refractivity contribution in [2.24, 2.45) is 0 Å². The van der Waals surface area contributed by atoms with E-state index in [9.17, 15) is 0 Å². The highest BCUT2D eigenvalue weighted by Crippen LogP contribution is 2.28. The summed E-state index contributed by atoms with van der Waals surface area (Å²) < 4.78 is 12.5. The summed E-state index contributed by atoms with van der Waals surface area (Å²) in [4.78, 5) is 0. The van der Waals surface area contributed by atoms with Gasteiger partial charge in [0.2, 0.25) is 0 Å². The van der Waals surface area contributed by atoms with Gasteiger partial charge in [0, 0.05) is 17.1 Å². The van der Waals surface area contributed by atoms with Crippen molar-refractivity contribution in [3.8, 4) is 5.75 Å². The molecule has 21 heavy (non-hydrogen) atoms. The van der Waals surface area contributed by atoms with Crippen LogP contribution in [-0.4, -0.2) is 31.9 Å². The molecule has 0 aromatic heterocycles. The van der Waals surface area contributed by atoms with Gasteiger partial charge < -0.3 is 14.8 Å². The minimum absolute atomic E-state index is 0.173. The smallest absolute Gasteiger partial charge is 0.119 e. The van der Waals surface area contributed by atoms with Crippen LogP contribution in [0.1, 0.15) is 39.7 Å². The molecule has 0 saturated heterocycles. The van der Waals surface area contributed by atoms with Gasteiger partial charge in [-0.25, -0.2) is 0 Å². The molecule has 4 heteroatoms. The summed E-state index contributed by atoms with van der Waals surface area (Å²) >= 11 is 3.64. The maximum Gasteiger partial charge on any atom is 0.119 e. The summed E-state index contributed by atoms with van der Waals surface area (Å²) in [5.41, 5.74) is 1.06. The van der Waals surface area contributed by atoms with Crippen LogP contribution in [0.5, 0.6) is 5.75 Å². The maximum absolute atomic E-state index is 6.05. The summed E-state index contributed by atoms with van der Waals surface area (Å²) in [6.07, 6.45) is 1.87. The van der Waals surface area contributed by atoms with Crippen molar-refractivity contribution >= 4 is 15.9 Å². The summed E-state index contributed by atoms with van der Waals surface area (Å²) in [5.74, 6) is 0.887. The third-order valence-corrected chi connectivity index (χ3v) is 4.81. The molecule has 3 nitrogen and oxygen atoms in total. The van der Waals surface area contributed by atoms with Crippen LogP contribution in [0.3, 0.4) is 0 Å². The normalized spacial score (nSPS) is 15.5. The molecule has 2 unspecified atom stereocenters. The van der Waals surface area contributed by atoms with Crippen LogP contribution in [-0.2, 0) is 11.2 Å². The number of rotatable bonds is 9. The molecule has 2 atom stereocenters. The minimum Gasteiger partial charge on any atom is -0.497 e. The topological polar surface area (TPSA) is 30.5 Å². The number of hydrogen-bond acceptors (Lipinski definition) is 3. The molecule has 0 fully saturated rings. The monoisotopic (exact) mass is 357 g/mol. The number of methoxy groups -OCH3 is 1. The van der Waals surface area contributed by atoms with E-state index in [0.29, 0.717) is 0 Å². The first kappa shape index (κ1) is 18.5. The van der Waals surface area contributed by atoms with E-state index >= 15 is 0 Å². The van der Waals surface area contributed by atoms with E-state index in [4.69, 9.17) is 9.47 Å². The number of benzene rings is 1. The summed E-state index contributed by atoms with van der Waals surface area (Å²) in [6.45, 7) is 10.2. The van der Waals surface area contributed by atoms with Crippen molar-refractivity contribution < 1.29 is 9.47 Å². The first-order chi connectivity index (χ1) is 10.0. The highest BCUT2D eigenvalue weighted by atomic mass is 79.9. The highest BCUT2D eigenvalue weighted by Gasteiger charge is 2.33. The van der Waals surface area contributed by atoms with Gasteiger partial charge in [0.1, 0.15) is 5.75 Å². The van der Waals surface area contributed by atoms with Gasteiger partial charge in [-0.05, 0) is 57.0 Å². The lowest BCUT2D eigenvalue weighted by atomic mass is 9.88. The quantitative estimate of drug-likeness (QED) is 0.718. The zero-order valence-corrected chi connectivity index (χ0v) is 15.4. The standard InChI is InChI=1S/C17H28BrNO2/c1-6-17(4,21-8-3)16(19-7-2)12-13-11-14(20-5)9-10-15(13)18/h9-11,16,19H,6-8,12H2,1-5H3. The molecular formula is C17H28BrNO2. The molecule has 1 aromatic rings. The maximum atomic E-state index is 6.05. The molecule has 0 bridgehead atoms. The predicted molar refractivity (Wildman–Crippen MR) is 92.2 cm³/mol. The average Bonchev–Trinajstić information content (AvgIpc) is 2.49. The van der Waals surface area contributed by atoms with Crippen molar-refractivity contribution in [3.63, 3.8) is 0 Å². The molecule has 0 aliphatic rings. The molecule has 1 N–H and O–H groups in total. The molecular weight excluding hydrogens is 330 g/mol. The Labute approximate surface area is 137 Å². The Morgan fingerprint density at radius 3 is 2.52 bits per heavy atom. The van der Waals surface area contributed by atoms with Gasteiger partial charge in [-0.1, -0.05) is 29.8 Å². The van der Waals surface area contributed by atoms with Crippen LogP contribution in [0.2, 0.25) is 0 Å². The van der Waals surface area contributed by atoms with Crippen LogP contribution in [0.25, 0.3) is 0 Å². The van der Waals surface area contributed by atoms with Crippen LogP contribution < -0.4 is 10.1 Å². The Morgan fingerprint density at radius 1 is 1.29 bits per heavy atom. The van der Waals surface area contributed by atoms with E-state index in [1.165, 1.54) is 5.56 Å². The lowest BCUT2D eigenvalue weighted by molar-refractivity contribution is -0.0547. The van der Waals surface area contributed by atoms with Crippen molar-refractivity contribution in [2.45, 2.75) is 52.2 Å². The molecule has 1 aromatic carbocycles. The van der Waals surface area contributed by atoms with Gasteiger partial charge in [-0.15, -0.1) is 0 Å². The van der Waals surface area contributed by atoms with Crippen LogP contribution in [0.15, 0.2) is 22.7 Å². The van der Waals surface area contributed by atoms with Crippen molar-refractivity contribution in [3.05, 3.63) is 28.2 Å². The van der Waals surface area contributed by atoms with E-state index in [1.54, 1.807) is 7.11 Å². The highest BCUT2D eigenvalue weighted by molar-refractivity contribution is 9.10. The number of ether oxygens (including phenoxy) is 2. The van der Waals surface area contributed by atoms with Gasteiger partial charge in [0.15, 0.2) is 0 Å². The molecule has 0 aliphatic carbocycles. The summed E-state index contributed by atoms with van der Waals surface area (Å²) in [5, 5.41) is 3.59. The van der Waals surface area contributed by atoms with Crippen LogP contribution in [0.4, 0.5) is 0 Å². The SMILES string of the molecule is CCNC(Cc1cc(OC)ccc1Br)C(C)(CC)OCC. The predicted octanol–water partition coefficient (Wildman–Crippen LogP) is 4.18. The molecule has 0 radical (unpaired) electrons. The van der Waals surface area contributed by atoms with E-state index in [-0.39, 0.29) is 11.6 Å². The van der Waals surface area contributed by atoms with Crippen molar-refractivity contribution in [1.29, 1.82) is 0 Å². The molecule has 120 valence electrons. The third-order valence-electron chi connectivity index (χ3n) is 4.04. The van der Waals surface area contributed by atoms with Gasteiger partial charge in [0.25, 0.3) is 0 Å². The number of hydrogen-bond donors (Lipinski definition) is 1. The largest absolute Gasteiger partial charge is 0.497 e. The van der Waals surface area contributed by atoms with E-state index in [0.717, 1.165) is 36.2 Å². The third kappa shape index (κ3) is 4.97. The lowest BCUT2D eigenvalue weighted by Gasteiger charge is -2.37. The second kappa shape index (κ2) is 8.76. The van der Waals surface area contributed by atoms with Gasteiger partial charge in [-0.2, -0.15) is 0 Å². The summed E-state index contributed by atoms with van der Waals surface area (Å²) in [6, 6.07) is 6.37. The molecule has 1 rings (SSSR count). The second-order valence-electron chi connectivity index (χ2n) is 5.37. The molecule has 0 spiro atoms. The first-order valence-corrected chi connectivity index (χ1v) is 8.49. The van der Waals surface area contributed by atoms with Crippen molar-refractivity contribution in [1.82, 2.24) is 5.32 Å². The number of likely N-dealkylation sites (N-methyl/N-ethyl adjacent to an activating group) is 1. The van der Waals surface area contributed by atoms with Gasteiger partial charge in [0.05, 0.1) is 12.7 Å². The van der Waals surface area contributed by atoms with Crippen LogP contribution in [0, 0.1) is 0 Å². The molecule has 0 heterocycles. The second-order valence-corrected chi connectivity index (χ2v) is 6.23. The van der Waals surface area contributed by atoms with E-state index in [1.807, 2.05) is 12.1 Å². The van der Waals surface area contributed by atoms with Gasteiger partial charge >= 0.3 is 0 Å². The number of halogens is 1. The molecule has 0 aliphatic heterocycles. The molecule has 0 amide bonds. The van der Waals surface area contributed by atoms with E-state index < -0.39 is 0 Å².